The van der Waals surface area contributed by atoms with Crippen molar-refractivity contribution in [3.63, 3.8) is 0 Å². The van der Waals surface area contributed by atoms with E-state index in [0.29, 0.717) is 12.2 Å². The van der Waals surface area contributed by atoms with Gasteiger partial charge in [0.1, 0.15) is 0 Å². The molecule has 0 saturated heterocycles. The van der Waals surface area contributed by atoms with Crippen molar-refractivity contribution in [2.24, 2.45) is 5.73 Å². The van der Waals surface area contributed by atoms with Gasteiger partial charge in [0.05, 0.1) is 6.61 Å². The third kappa shape index (κ3) is 7.53. The monoisotopic (exact) mass is 185 g/mol. The SMILES string of the molecule is C=C(C)C(=O)OCCCC(C)(C)N. The maximum absolute atomic E-state index is 10.9. The van der Waals surface area contributed by atoms with Gasteiger partial charge >= 0.3 is 5.97 Å². The van der Waals surface area contributed by atoms with Gasteiger partial charge in [-0.3, -0.25) is 0 Å². The van der Waals surface area contributed by atoms with Gasteiger partial charge in [-0.1, -0.05) is 6.58 Å². The summed E-state index contributed by atoms with van der Waals surface area (Å²) in [5.41, 5.74) is 6.01. The first-order valence-electron chi connectivity index (χ1n) is 4.44. The number of carbonyl (C=O) groups excluding carboxylic acids is 1. The smallest absolute Gasteiger partial charge is 0.333 e. The second-order valence-electron chi connectivity index (χ2n) is 4.01. The van der Waals surface area contributed by atoms with Gasteiger partial charge in [-0.2, -0.15) is 0 Å². The molecular weight excluding hydrogens is 166 g/mol. The first-order valence-corrected chi connectivity index (χ1v) is 4.44. The highest BCUT2D eigenvalue weighted by Crippen LogP contribution is 2.07. The van der Waals surface area contributed by atoms with Gasteiger partial charge < -0.3 is 10.5 Å². The Labute approximate surface area is 79.9 Å². The van der Waals surface area contributed by atoms with Crippen molar-refractivity contribution in [2.75, 3.05) is 6.61 Å². The molecule has 0 aliphatic heterocycles. The minimum Gasteiger partial charge on any atom is -0.462 e. The molecule has 2 N–H and O–H groups in total. The van der Waals surface area contributed by atoms with Crippen LogP contribution < -0.4 is 5.73 Å². The van der Waals surface area contributed by atoms with Gasteiger partial charge in [0.2, 0.25) is 0 Å². The van der Waals surface area contributed by atoms with E-state index in [4.69, 9.17) is 10.5 Å². The Bertz CT molecular complexity index is 192. The predicted octanol–water partition coefficient (Wildman–Crippen LogP) is 1.62. The van der Waals surface area contributed by atoms with Crippen molar-refractivity contribution in [2.45, 2.75) is 39.2 Å². The predicted molar refractivity (Wildman–Crippen MR) is 53.3 cm³/mol. The number of ether oxygens (including phenoxy) is 1. The molecule has 0 bridgehead atoms. The Morgan fingerprint density at radius 2 is 2.08 bits per heavy atom. The summed E-state index contributed by atoms with van der Waals surface area (Å²) < 4.78 is 4.90. The Kier molecular flexibility index (Phi) is 4.70. The van der Waals surface area contributed by atoms with Gasteiger partial charge in [0.25, 0.3) is 0 Å². The lowest BCUT2D eigenvalue weighted by Crippen LogP contribution is -2.32. The lowest BCUT2D eigenvalue weighted by atomic mass is 10.0. The van der Waals surface area contributed by atoms with Crippen LogP contribution in [-0.4, -0.2) is 18.1 Å². The van der Waals surface area contributed by atoms with Gasteiger partial charge in [-0.25, -0.2) is 4.79 Å². The standard InChI is InChI=1S/C10H19NO2/c1-8(2)9(12)13-7-5-6-10(3,4)11/h1,5-7,11H2,2-4H3. The second-order valence-corrected chi connectivity index (χ2v) is 4.01. The summed E-state index contributed by atoms with van der Waals surface area (Å²) in [6, 6.07) is 0. The zero-order chi connectivity index (χ0) is 10.5. The lowest BCUT2D eigenvalue weighted by Gasteiger charge is -2.17. The Morgan fingerprint density at radius 3 is 2.46 bits per heavy atom. The summed E-state index contributed by atoms with van der Waals surface area (Å²) in [7, 11) is 0. The number of hydrogen-bond donors (Lipinski definition) is 1. The average Bonchev–Trinajstić information content (AvgIpc) is 1.95. The van der Waals surface area contributed by atoms with Gasteiger partial charge in [-0.05, 0) is 33.6 Å². The maximum atomic E-state index is 10.9. The molecule has 0 saturated carbocycles. The van der Waals surface area contributed by atoms with Crippen molar-refractivity contribution in [1.82, 2.24) is 0 Å². The largest absolute Gasteiger partial charge is 0.462 e. The van der Waals surface area contributed by atoms with Crippen LogP contribution in [0.3, 0.4) is 0 Å². The van der Waals surface area contributed by atoms with Crippen LogP contribution in [0.15, 0.2) is 12.2 Å². The van der Waals surface area contributed by atoms with E-state index in [1.807, 2.05) is 13.8 Å². The Balaban J connectivity index is 3.47. The van der Waals surface area contributed by atoms with E-state index in [2.05, 4.69) is 6.58 Å². The number of rotatable bonds is 5. The van der Waals surface area contributed by atoms with E-state index in [0.717, 1.165) is 12.8 Å². The first-order chi connectivity index (χ1) is 5.83. The molecule has 0 amide bonds. The first kappa shape index (κ1) is 12.2. The Morgan fingerprint density at radius 1 is 1.54 bits per heavy atom. The molecule has 0 spiro atoms. The van der Waals surface area contributed by atoms with Crippen LogP contribution in [-0.2, 0) is 9.53 Å². The fourth-order valence-electron chi connectivity index (χ4n) is 0.816. The van der Waals surface area contributed by atoms with E-state index in [-0.39, 0.29) is 11.5 Å². The highest BCUT2D eigenvalue weighted by atomic mass is 16.5. The molecule has 0 radical (unpaired) electrons. The Hall–Kier alpha value is -0.830. The van der Waals surface area contributed by atoms with Crippen LogP contribution in [0, 0.1) is 0 Å². The molecule has 0 unspecified atom stereocenters. The molecule has 0 aromatic heterocycles. The molecule has 76 valence electrons. The molecule has 0 fully saturated rings. The molecule has 0 aliphatic rings. The van der Waals surface area contributed by atoms with Crippen LogP contribution in [0.5, 0.6) is 0 Å². The molecule has 13 heavy (non-hydrogen) atoms. The maximum Gasteiger partial charge on any atom is 0.333 e. The second kappa shape index (κ2) is 5.02. The van der Waals surface area contributed by atoms with Gasteiger partial charge in [0, 0.05) is 11.1 Å². The highest BCUT2D eigenvalue weighted by molar-refractivity contribution is 5.86. The molecule has 0 atom stereocenters. The summed E-state index contributed by atoms with van der Waals surface area (Å²) in [5, 5.41) is 0. The highest BCUT2D eigenvalue weighted by Gasteiger charge is 2.10. The number of nitrogens with two attached hydrogens (primary N) is 1. The van der Waals surface area contributed by atoms with Crippen molar-refractivity contribution in [1.29, 1.82) is 0 Å². The van der Waals surface area contributed by atoms with Crippen molar-refractivity contribution in [3.05, 3.63) is 12.2 Å². The molecule has 3 nitrogen and oxygen atoms in total. The van der Waals surface area contributed by atoms with E-state index < -0.39 is 0 Å². The van der Waals surface area contributed by atoms with Gasteiger partial charge in [-0.15, -0.1) is 0 Å². The summed E-state index contributed by atoms with van der Waals surface area (Å²) in [6.07, 6.45) is 1.64. The van der Waals surface area contributed by atoms with E-state index in [1.54, 1.807) is 6.92 Å². The molecule has 0 aromatic rings. The molecule has 3 heteroatoms. The summed E-state index contributed by atoms with van der Waals surface area (Å²) in [5.74, 6) is -0.324. The minimum absolute atomic E-state index is 0.185. The van der Waals surface area contributed by atoms with Crippen molar-refractivity contribution < 1.29 is 9.53 Å². The molecule has 0 heterocycles. The third-order valence-corrected chi connectivity index (χ3v) is 1.55. The van der Waals surface area contributed by atoms with Gasteiger partial charge in [0.15, 0.2) is 0 Å². The van der Waals surface area contributed by atoms with E-state index in [9.17, 15) is 4.79 Å². The average molecular weight is 185 g/mol. The van der Waals surface area contributed by atoms with Crippen LogP contribution in [0.4, 0.5) is 0 Å². The summed E-state index contributed by atoms with van der Waals surface area (Å²) >= 11 is 0. The molecule has 0 rings (SSSR count). The molecular formula is C10H19NO2. The van der Waals surface area contributed by atoms with Crippen LogP contribution in [0.2, 0.25) is 0 Å². The van der Waals surface area contributed by atoms with E-state index in [1.165, 1.54) is 0 Å². The molecule has 0 aromatic carbocycles. The zero-order valence-electron chi connectivity index (χ0n) is 8.72. The molecule has 0 aliphatic carbocycles. The van der Waals surface area contributed by atoms with E-state index >= 15 is 0 Å². The van der Waals surface area contributed by atoms with Crippen LogP contribution >= 0.6 is 0 Å². The number of carbonyl (C=O) groups is 1. The topological polar surface area (TPSA) is 52.3 Å². The zero-order valence-corrected chi connectivity index (χ0v) is 8.72. The quantitative estimate of drug-likeness (QED) is 0.402. The summed E-state index contributed by atoms with van der Waals surface area (Å²) in [4.78, 5) is 10.9. The van der Waals surface area contributed by atoms with Crippen LogP contribution in [0.25, 0.3) is 0 Å². The normalized spacial score (nSPS) is 11.1. The fourth-order valence-corrected chi connectivity index (χ4v) is 0.816. The lowest BCUT2D eigenvalue weighted by molar-refractivity contribution is -0.139. The number of esters is 1. The van der Waals surface area contributed by atoms with Crippen molar-refractivity contribution in [3.8, 4) is 0 Å². The summed E-state index contributed by atoms with van der Waals surface area (Å²) in [6.45, 7) is 9.44. The third-order valence-electron chi connectivity index (χ3n) is 1.55. The van der Waals surface area contributed by atoms with Crippen LogP contribution in [0.1, 0.15) is 33.6 Å². The number of hydrogen-bond acceptors (Lipinski definition) is 3. The minimum atomic E-state index is -0.324. The van der Waals surface area contributed by atoms with Crippen molar-refractivity contribution >= 4 is 5.97 Å². The fraction of sp³-hybridized carbons (Fsp3) is 0.700.